The van der Waals surface area contributed by atoms with E-state index in [1.54, 1.807) is 0 Å². The van der Waals surface area contributed by atoms with E-state index in [4.69, 9.17) is 10.9 Å². The van der Waals surface area contributed by atoms with Crippen LogP contribution in [0.3, 0.4) is 0 Å². The van der Waals surface area contributed by atoms with Gasteiger partial charge in [0.25, 0.3) is 0 Å². The Kier molecular flexibility index (Phi) is 3.29. The number of hydrogen-bond acceptors (Lipinski definition) is 5. The van der Waals surface area contributed by atoms with Gasteiger partial charge in [-0.15, -0.1) is 0 Å². The molecule has 0 bridgehead atoms. The lowest BCUT2D eigenvalue weighted by Gasteiger charge is -2.38. The Morgan fingerprint density at radius 1 is 1.40 bits per heavy atom. The van der Waals surface area contributed by atoms with Gasteiger partial charge in [0, 0.05) is 32.7 Å². The zero-order chi connectivity index (χ0) is 14.3. The van der Waals surface area contributed by atoms with Crippen LogP contribution in [0.1, 0.15) is 24.1 Å². The van der Waals surface area contributed by atoms with Crippen molar-refractivity contribution in [2.45, 2.75) is 25.8 Å². The van der Waals surface area contributed by atoms with Crippen molar-refractivity contribution in [2.24, 2.45) is 17.9 Å². The Labute approximate surface area is 118 Å². The first kappa shape index (κ1) is 13.2. The molecule has 1 aromatic heterocycles. The fraction of sp³-hybridized carbons (Fsp3) is 0.692. The smallest absolute Gasteiger partial charge is 0.175 e. The van der Waals surface area contributed by atoms with Crippen LogP contribution in [0, 0.1) is 6.92 Å². The topological polar surface area (TPSA) is 82.9 Å². The second kappa shape index (κ2) is 4.97. The van der Waals surface area contributed by atoms with Crippen molar-refractivity contribution >= 4 is 11.7 Å². The largest absolute Gasteiger partial charge is 0.409 e. The minimum atomic E-state index is 0.138. The first-order valence-corrected chi connectivity index (χ1v) is 7.12. The zero-order valence-electron chi connectivity index (χ0n) is 12.1. The number of piperazine rings is 1. The van der Waals surface area contributed by atoms with Crippen molar-refractivity contribution < 1.29 is 5.21 Å². The lowest BCUT2D eigenvalue weighted by molar-refractivity contribution is 0.229. The summed E-state index contributed by atoms with van der Waals surface area (Å²) in [7, 11) is 1.91. The molecule has 1 aromatic rings. The fourth-order valence-electron chi connectivity index (χ4n) is 3.54. The van der Waals surface area contributed by atoms with Gasteiger partial charge in [0.1, 0.15) is 5.82 Å². The molecule has 3 N–H and O–H groups in total. The number of oxime groups is 1. The lowest BCUT2D eigenvalue weighted by Crippen LogP contribution is -2.51. The number of hydrogen-bond donors (Lipinski definition) is 2. The Balaban J connectivity index is 1.94. The van der Waals surface area contributed by atoms with Gasteiger partial charge in [-0.2, -0.15) is 5.10 Å². The molecule has 7 heteroatoms. The van der Waals surface area contributed by atoms with E-state index in [2.05, 4.69) is 20.1 Å². The molecule has 2 saturated heterocycles. The lowest BCUT2D eigenvalue weighted by atomic mass is 10.1. The second-order valence-corrected chi connectivity index (χ2v) is 5.67. The Hall–Kier alpha value is -1.76. The first-order valence-electron chi connectivity index (χ1n) is 7.12. The highest BCUT2D eigenvalue weighted by Crippen LogP contribution is 2.28. The molecule has 0 spiro atoms. The fourth-order valence-corrected chi connectivity index (χ4v) is 3.54. The summed E-state index contributed by atoms with van der Waals surface area (Å²) in [5, 5.41) is 16.6. The van der Waals surface area contributed by atoms with Crippen LogP contribution in [-0.2, 0) is 7.05 Å². The molecule has 2 aliphatic rings. The van der Waals surface area contributed by atoms with Gasteiger partial charge < -0.3 is 15.8 Å². The van der Waals surface area contributed by atoms with Crippen LogP contribution < -0.4 is 10.6 Å². The number of fused-ring (bicyclic) bond motifs is 1. The summed E-state index contributed by atoms with van der Waals surface area (Å²) < 4.78 is 1.84. The molecule has 1 unspecified atom stereocenters. The van der Waals surface area contributed by atoms with Crippen molar-refractivity contribution in [3.8, 4) is 0 Å². The van der Waals surface area contributed by atoms with E-state index in [0.717, 1.165) is 36.7 Å². The van der Waals surface area contributed by atoms with Gasteiger partial charge in [-0.1, -0.05) is 5.16 Å². The quantitative estimate of drug-likeness (QED) is 0.347. The molecule has 20 heavy (non-hydrogen) atoms. The highest BCUT2D eigenvalue weighted by Gasteiger charge is 2.33. The molecule has 7 nitrogen and oxygen atoms in total. The summed E-state index contributed by atoms with van der Waals surface area (Å²) in [5.74, 6) is 1.10. The third-order valence-corrected chi connectivity index (χ3v) is 4.44. The average molecular weight is 278 g/mol. The summed E-state index contributed by atoms with van der Waals surface area (Å²) in [6.07, 6.45) is 2.54. The van der Waals surface area contributed by atoms with Crippen LogP contribution >= 0.6 is 0 Å². The number of anilines is 1. The first-order chi connectivity index (χ1) is 9.61. The summed E-state index contributed by atoms with van der Waals surface area (Å²) in [5.41, 5.74) is 7.38. The van der Waals surface area contributed by atoms with Crippen LogP contribution in [0.2, 0.25) is 0 Å². The molecule has 3 rings (SSSR count). The van der Waals surface area contributed by atoms with E-state index in [1.807, 2.05) is 18.7 Å². The molecule has 2 aliphatic heterocycles. The molecular formula is C13H22N6O. The summed E-state index contributed by atoms with van der Waals surface area (Å²) in [4.78, 5) is 4.88. The third-order valence-electron chi connectivity index (χ3n) is 4.44. The number of amidine groups is 1. The van der Waals surface area contributed by atoms with Crippen molar-refractivity contribution in [3.63, 3.8) is 0 Å². The second-order valence-electron chi connectivity index (χ2n) is 5.67. The van der Waals surface area contributed by atoms with Crippen molar-refractivity contribution in [1.82, 2.24) is 14.7 Å². The van der Waals surface area contributed by atoms with Gasteiger partial charge in [-0.25, -0.2) is 0 Å². The molecule has 0 aliphatic carbocycles. The van der Waals surface area contributed by atoms with Crippen molar-refractivity contribution in [2.75, 3.05) is 31.1 Å². The van der Waals surface area contributed by atoms with E-state index in [-0.39, 0.29) is 5.84 Å². The van der Waals surface area contributed by atoms with Gasteiger partial charge >= 0.3 is 0 Å². The number of nitrogens with two attached hydrogens (primary N) is 1. The number of rotatable bonds is 2. The molecule has 0 amide bonds. The third kappa shape index (κ3) is 2.02. The zero-order valence-corrected chi connectivity index (χ0v) is 12.1. The van der Waals surface area contributed by atoms with Crippen LogP contribution in [0.25, 0.3) is 0 Å². The van der Waals surface area contributed by atoms with E-state index < -0.39 is 0 Å². The Bertz CT molecular complexity index is 537. The Morgan fingerprint density at radius 2 is 2.20 bits per heavy atom. The molecular weight excluding hydrogens is 256 g/mol. The van der Waals surface area contributed by atoms with E-state index in [0.29, 0.717) is 6.04 Å². The maximum absolute atomic E-state index is 8.99. The van der Waals surface area contributed by atoms with Crippen molar-refractivity contribution in [3.05, 3.63) is 11.3 Å². The molecule has 1 atom stereocenters. The highest BCUT2D eigenvalue weighted by molar-refractivity contribution is 6.02. The number of nitrogens with zero attached hydrogens (tertiary/aromatic N) is 5. The molecule has 0 saturated carbocycles. The van der Waals surface area contributed by atoms with Gasteiger partial charge in [0.05, 0.1) is 11.3 Å². The van der Waals surface area contributed by atoms with Crippen molar-refractivity contribution in [1.29, 1.82) is 0 Å². The highest BCUT2D eigenvalue weighted by atomic mass is 16.4. The Morgan fingerprint density at radius 3 is 2.95 bits per heavy atom. The SMILES string of the molecule is Cc1nn(C)c(N2CCN3CCCC3C2)c1C(N)=NO. The normalized spacial score (nSPS) is 24.2. The predicted molar refractivity (Wildman–Crippen MR) is 77.3 cm³/mol. The van der Waals surface area contributed by atoms with Gasteiger partial charge in [0.15, 0.2) is 5.84 Å². The van der Waals surface area contributed by atoms with Crippen LogP contribution in [-0.4, -0.2) is 57.9 Å². The predicted octanol–water partition coefficient (Wildman–Crippen LogP) is 0.107. The number of aromatic nitrogens is 2. The summed E-state index contributed by atoms with van der Waals surface area (Å²) in [6, 6.07) is 0.624. The van der Waals surface area contributed by atoms with E-state index in [9.17, 15) is 0 Å². The molecule has 110 valence electrons. The monoisotopic (exact) mass is 278 g/mol. The van der Waals surface area contributed by atoms with E-state index >= 15 is 0 Å². The minimum absolute atomic E-state index is 0.138. The maximum Gasteiger partial charge on any atom is 0.175 e. The van der Waals surface area contributed by atoms with Gasteiger partial charge in [0.2, 0.25) is 0 Å². The van der Waals surface area contributed by atoms with Gasteiger partial charge in [-0.3, -0.25) is 9.58 Å². The number of aryl methyl sites for hydroxylation is 2. The molecule has 3 heterocycles. The summed E-state index contributed by atoms with van der Waals surface area (Å²) >= 11 is 0. The van der Waals surface area contributed by atoms with Gasteiger partial charge in [-0.05, 0) is 26.3 Å². The average Bonchev–Trinajstić information content (AvgIpc) is 3.00. The molecule has 0 aromatic carbocycles. The maximum atomic E-state index is 8.99. The minimum Gasteiger partial charge on any atom is -0.409 e. The van der Waals surface area contributed by atoms with Crippen LogP contribution in [0.15, 0.2) is 5.16 Å². The van der Waals surface area contributed by atoms with Crippen LogP contribution in [0.4, 0.5) is 5.82 Å². The van der Waals surface area contributed by atoms with E-state index in [1.165, 1.54) is 19.4 Å². The molecule has 0 radical (unpaired) electrons. The summed E-state index contributed by atoms with van der Waals surface area (Å²) in [6.45, 7) is 6.13. The van der Waals surface area contributed by atoms with Crippen LogP contribution in [0.5, 0.6) is 0 Å². The molecule has 2 fully saturated rings. The standard InChI is InChI=1S/C13H22N6O/c1-9-11(12(14)16-20)13(17(2)15-9)19-7-6-18-5-3-4-10(18)8-19/h10,20H,3-8H2,1-2H3,(H2,14,16).